The molecule has 0 aromatic carbocycles. The third kappa shape index (κ3) is 3.33. The zero-order valence-corrected chi connectivity index (χ0v) is 8.37. The molecule has 1 N–H and O–H groups in total. The fourth-order valence-corrected chi connectivity index (χ4v) is 1.33. The van der Waals surface area contributed by atoms with E-state index in [1.165, 1.54) is 0 Å². The highest BCUT2D eigenvalue weighted by atomic mass is 16.4. The van der Waals surface area contributed by atoms with Crippen LogP contribution < -0.4 is 0 Å². The van der Waals surface area contributed by atoms with Crippen molar-refractivity contribution in [3.63, 3.8) is 0 Å². The molecule has 0 aliphatic carbocycles. The summed E-state index contributed by atoms with van der Waals surface area (Å²) < 4.78 is 0. The number of carboxylic acid groups (broad SMARTS) is 1. The molecule has 1 atom stereocenters. The third-order valence-electron chi connectivity index (χ3n) is 2.11. The molecule has 0 saturated carbocycles. The van der Waals surface area contributed by atoms with Gasteiger partial charge in [-0.2, -0.15) is 0 Å². The summed E-state index contributed by atoms with van der Waals surface area (Å²) in [5.41, 5.74) is -0.382. The molecule has 2 nitrogen and oxygen atoms in total. The number of allylic oxidation sites excluding steroid dienone is 2. The fraction of sp³-hybridized carbons (Fsp3) is 0.545. The molecular weight excluding hydrogens is 164 g/mol. The molecule has 0 aliphatic heterocycles. The Hall–Kier alpha value is -1.23. The van der Waals surface area contributed by atoms with Crippen molar-refractivity contribution in [1.29, 1.82) is 0 Å². The molecule has 1 unspecified atom stereocenters. The van der Waals surface area contributed by atoms with E-state index >= 15 is 0 Å². The summed E-state index contributed by atoms with van der Waals surface area (Å²) >= 11 is 0. The van der Waals surface area contributed by atoms with Gasteiger partial charge in [-0.05, 0) is 12.3 Å². The van der Waals surface area contributed by atoms with Gasteiger partial charge in [0.2, 0.25) is 0 Å². The average Bonchev–Trinajstić information content (AvgIpc) is 1.99. The second-order valence-corrected chi connectivity index (χ2v) is 3.62. The molecule has 0 aromatic rings. The largest absolute Gasteiger partial charge is 0.481 e. The topological polar surface area (TPSA) is 37.3 Å². The molecule has 72 valence electrons. The van der Waals surface area contributed by atoms with Gasteiger partial charge in [-0.3, -0.25) is 4.79 Å². The molecule has 0 radical (unpaired) electrons. The molecular formula is C11H16O2. The van der Waals surface area contributed by atoms with Crippen LogP contribution in [0.1, 0.15) is 27.2 Å². The first-order valence-electron chi connectivity index (χ1n) is 4.25. The first-order valence-corrected chi connectivity index (χ1v) is 4.25. The van der Waals surface area contributed by atoms with Crippen LogP contribution in [0.25, 0.3) is 0 Å². The van der Waals surface area contributed by atoms with Gasteiger partial charge in [0.15, 0.2) is 0 Å². The molecule has 0 heterocycles. The van der Waals surface area contributed by atoms with E-state index in [1.807, 2.05) is 32.9 Å². The number of carbonyl (C=O) groups is 1. The van der Waals surface area contributed by atoms with Crippen LogP contribution in [0.4, 0.5) is 0 Å². The first-order chi connectivity index (χ1) is 5.95. The number of hydrogen-bond acceptors (Lipinski definition) is 1. The second-order valence-electron chi connectivity index (χ2n) is 3.62. The predicted molar refractivity (Wildman–Crippen MR) is 53.2 cm³/mol. The van der Waals surface area contributed by atoms with E-state index in [0.717, 1.165) is 0 Å². The maximum absolute atomic E-state index is 10.9. The van der Waals surface area contributed by atoms with Gasteiger partial charge in [0, 0.05) is 6.42 Å². The Morgan fingerprint density at radius 2 is 2.23 bits per heavy atom. The van der Waals surface area contributed by atoms with Crippen molar-refractivity contribution in [3.05, 3.63) is 12.2 Å². The Balaban J connectivity index is 4.73. The van der Waals surface area contributed by atoms with Crippen LogP contribution in [0.5, 0.6) is 0 Å². The lowest BCUT2D eigenvalue weighted by Gasteiger charge is -2.26. The van der Waals surface area contributed by atoms with E-state index in [1.54, 1.807) is 0 Å². The highest BCUT2D eigenvalue weighted by Crippen LogP contribution is 2.30. The molecule has 13 heavy (non-hydrogen) atoms. The lowest BCUT2D eigenvalue weighted by Crippen LogP contribution is -2.29. The smallest absolute Gasteiger partial charge is 0.308 e. The van der Waals surface area contributed by atoms with Crippen molar-refractivity contribution in [1.82, 2.24) is 0 Å². The zero-order valence-electron chi connectivity index (χ0n) is 8.37. The number of hydrogen-bond donors (Lipinski definition) is 1. The molecule has 2 heteroatoms. The summed E-state index contributed by atoms with van der Waals surface area (Å²) in [5.74, 6) is 1.06. The molecule has 0 rings (SSSR count). The molecule has 0 amide bonds. The van der Waals surface area contributed by atoms with Crippen molar-refractivity contribution < 1.29 is 9.90 Å². The third-order valence-corrected chi connectivity index (χ3v) is 2.11. The number of terminal acetylenes is 1. The van der Waals surface area contributed by atoms with Crippen LogP contribution in [0, 0.1) is 23.7 Å². The normalized spacial score (nSPS) is 14.0. The van der Waals surface area contributed by atoms with Gasteiger partial charge in [-0.15, -0.1) is 12.3 Å². The molecule has 0 fully saturated rings. The van der Waals surface area contributed by atoms with Crippen molar-refractivity contribution in [2.45, 2.75) is 27.2 Å². The zero-order chi connectivity index (χ0) is 10.5. The lowest BCUT2D eigenvalue weighted by molar-refractivity contribution is -0.144. The summed E-state index contributed by atoms with van der Waals surface area (Å²) in [4.78, 5) is 10.9. The summed E-state index contributed by atoms with van der Waals surface area (Å²) in [6.45, 7) is 5.63. The van der Waals surface area contributed by atoms with Crippen LogP contribution in [-0.4, -0.2) is 11.1 Å². The summed E-state index contributed by atoms with van der Waals surface area (Å²) in [6.07, 6.45) is 9.12. The minimum absolute atomic E-state index is 0.271. The molecule has 0 saturated heterocycles. The van der Waals surface area contributed by atoms with E-state index in [2.05, 4.69) is 5.92 Å². The van der Waals surface area contributed by atoms with E-state index in [0.29, 0.717) is 0 Å². The maximum atomic E-state index is 10.9. The van der Waals surface area contributed by atoms with Crippen molar-refractivity contribution in [2.24, 2.45) is 11.3 Å². The lowest BCUT2D eigenvalue weighted by atomic mass is 9.77. The van der Waals surface area contributed by atoms with Crippen LogP contribution in [-0.2, 0) is 4.79 Å². The van der Waals surface area contributed by atoms with Gasteiger partial charge in [0.25, 0.3) is 0 Å². The van der Waals surface area contributed by atoms with Gasteiger partial charge >= 0.3 is 5.97 Å². The number of rotatable bonds is 4. The Morgan fingerprint density at radius 1 is 1.69 bits per heavy atom. The van der Waals surface area contributed by atoms with E-state index < -0.39 is 11.9 Å². The standard InChI is InChI=1S/C11H16O2/c1-5-7-9(10(12)13)11(3,4)8-6-2/h1,6,8-9H,7H2,2-4H3,(H,12,13). The molecule has 0 bridgehead atoms. The molecule has 0 aliphatic rings. The highest BCUT2D eigenvalue weighted by molar-refractivity contribution is 5.71. The monoisotopic (exact) mass is 180 g/mol. The SMILES string of the molecule is C#CCC(C(=O)O)C(C)(C)C=CC. The first kappa shape index (κ1) is 11.8. The maximum Gasteiger partial charge on any atom is 0.308 e. The molecule has 0 spiro atoms. The summed E-state index contributed by atoms with van der Waals surface area (Å²) in [5, 5.41) is 8.94. The minimum atomic E-state index is -0.832. The van der Waals surface area contributed by atoms with Crippen LogP contribution in [0.2, 0.25) is 0 Å². The van der Waals surface area contributed by atoms with Crippen molar-refractivity contribution >= 4 is 5.97 Å². The Morgan fingerprint density at radius 3 is 2.54 bits per heavy atom. The van der Waals surface area contributed by atoms with E-state index in [-0.39, 0.29) is 11.8 Å². The van der Waals surface area contributed by atoms with Gasteiger partial charge in [0.1, 0.15) is 0 Å². The second kappa shape index (κ2) is 4.71. The van der Waals surface area contributed by atoms with E-state index in [4.69, 9.17) is 11.5 Å². The Labute approximate surface area is 79.7 Å². The summed E-state index contributed by atoms with van der Waals surface area (Å²) in [7, 11) is 0. The van der Waals surface area contributed by atoms with Gasteiger partial charge in [0.05, 0.1) is 5.92 Å². The quantitative estimate of drug-likeness (QED) is 0.532. The minimum Gasteiger partial charge on any atom is -0.481 e. The fourth-order valence-electron chi connectivity index (χ4n) is 1.33. The highest BCUT2D eigenvalue weighted by Gasteiger charge is 2.31. The predicted octanol–water partition coefficient (Wildman–Crippen LogP) is 2.31. The number of carboxylic acids is 1. The number of aliphatic carboxylic acids is 1. The Kier molecular flexibility index (Phi) is 4.27. The summed E-state index contributed by atoms with van der Waals surface area (Å²) in [6, 6.07) is 0. The van der Waals surface area contributed by atoms with Crippen molar-refractivity contribution in [3.8, 4) is 12.3 Å². The van der Waals surface area contributed by atoms with Gasteiger partial charge < -0.3 is 5.11 Å². The van der Waals surface area contributed by atoms with Gasteiger partial charge in [-0.25, -0.2) is 0 Å². The molecule has 0 aromatic heterocycles. The average molecular weight is 180 g/mol. The van der Waals surface area contributed by atoms with E-state index in [9.17, 15) is 4.79 Å². The van der Waals surface area contributed by atoms with Crippen molar-refractivity contribution in [2.75, 3.05) is 0 Å². The van der Waals surface area contributed by atoms with Gasteiger partial charge in [-0.1, -0.05) is 26.0 Å². The Bertz CT molecular complexity index is 243. The van der Waals surface area contributed by atoms with Crippen LogP contribution >= 0.6 is 0 Å². The van der Waals surface area contributed by atoms with Crippen LogP contribution in [0.15, 0.2) is 12.2 Å². The van der Waals surface area contributed by atoms with Crippen LogP contribution in [0.3, 0.4) is 0 Å².